The minimum absolute atomic E-state index is 0.262. The smallest absolute Gasteiger partial charge is 0.460 e. The number of amidine groups is 1. The standard InChI is InChI=1S/C15H11F19N2O/c16-7(17,3-1-2-5(37)4-6(35)36)8(18,19)9(20,21)10(22,23)11(24,25)12(26,27)13(28,29)14(30,31)15(32,33)34/h4,37H,1-3H2,(H3,35,36). The van der Waals surface area contributed by atoms with Crippen LogP contribution in [-0.4, -0.2) is 64.5 Å². The summed E-state index contributed by atoms with van der Waals surface area (Å²) in [5, 5.41) is 15.7. The Hall–Kier alpha value is -2.32. The highest BCUT2D eigenvalue weighted by atomic mass is 19.4. The van der Waals surface area contributed by atoms with Crippen LogP contribution in [-0.2, 0) is 0 Å². The Labute approximate surface area is 191 Å². The Kier molecular flexibility index (Phi) is 8.86. The highest BCUT2D eigenvalue weighted by molar-refractivity contribution is 5.88. The van der Waals surface area contributed by atoms with Gasteiger partial charge in [-0.05, 0) is 6.42 Å². The second kappa shape index (κ2) is 9.45. The number of hydrogen-bond acceptors (Lipinski definition) is 2. The summed E-state index contributed by atoms with van der Waals surface area (Å²) in [5.74, 6) is -69.0. The number of nitrogens with two attached hydrogens (primary N) is 1. The molecule has 0 aromatic rings. The molecule has 22 heteroatoms. The first-order chi connectivity index (χ1) is 15.8. The van der Waals surface area contributed by atoms with Crippen LogP contribution in [0.15, 0.2) is 11.8 Å². The minimum Gasteiger partial charge on any atom is -0.512 e. The molecule has 0 rings (SSSR count). The van der Waals surface area contributed by atoms with E-state index in [4.69, 9.17) is 10.5 Å². The Morgan fingerprint density at radius 3 is 1.16 bits per heavy atom. The van der Waals surface area contributed by atoms with Gasteiger partial charge < -0.3 is 10.8 Å². The molecule has 0 atom stereocenters. The van der Waals surface area contributed by atoms with E-state index >= 15 is 0 Å². The summed E-state index contributed by atoms with van der Waals surface area (Å²) in [5.41, 5.74) is 4.68. The van der Waals surface area contributed by atoms with Crippen molar-refractivity contribution in [1.82, 2.24) is 0 Å². The van der Waals surface area contributed by atoms with Gasteiger partial charge in [0.15, 0.2) is 0 Å². The van der Waals surface area contributed by atoms with Crippen LogP contribution in [0.25, 0.3) is 0 Å². The third-order valence-electron chi connectivity index (χ3n) is 4.43. The number of rotatable bonds is 12. The quantitative estimate of drug-likeness (QED) is 0.0968. The molecule has 0 aliphatic carbocycles. The molecule has 0 unspecified atom stereocenters. The fourth-order valence-corrected chi connectivity index (χ4v) is 2.29. The van der Waals surface area contributed by atoms with Gasteiger partial charge in [0.25, 0.3) is 0 Å². The molecular formula is C15H11F19N2O. The van der Waals surface area contributed by atoms with Gasteiger partial charge in [0.1, 0.15) is 5.84 Å². The largest absolute Gasteiger partial charge is 0.512 e. The summed E-state index contributed by atoms with van der Waals surface area (Å²) in [6.45, 7) is 0. The van der Waals surface area contributed by atoms with Gasteiger partial charge in [-0.2, -0.15) is 83.4 Å². The van der Waals surface area contributed by atoms with E-state index < -0.39 is 84.4 Å². The normalized spacial score (nSPS) is 16.2. The summed E-state index contributed by atoms with van der Waals surface area (Å²) < 4.78 is 250. The molecule has 3 nitrogen and oxygen atoms in total. The molecule has 0 saturated carbocycles. The molecule has 4 N–H and O–H groups in total. The van der Waals surface area contributed by atoms with Crippen molar-refractivity contribution in [3.05, 3.63) is 11.8 Å². The molecular weight excluding hydrogens is 585 g/mol. The van der Waals surface area contributed by atoms with Crippen LogP contribution in [0.2, 0.25) is 0 Å². The van der Waals surface area contributed by atoms with Crippen molar-refractivity contribution in [1.29, 1.82) is 5.41 Å². The molecule has 0 spiro atoms. The third-order valence-corrected chi connectivity index (χ3v) is 4.43. The predicted molar refractivity (Wildman–Crippen MR) is 82.1 cm³/mol. The van der Waals surface area contributed by atoms with Crippen LogP contribution < -0.4 is 5.73 Å². The van der Waals surface area contributed by atoms with E-state index in [0.717, 1.165) is 0 Å². The maximum Gasteiger partial charge on any atom is 0.460 e. The summed E-state index contributed by atoms with van der Waals surface area (Å²) in [7, 11) is 0. The van der Waals surface area contributed by atoms with Crippen LogP contribution >= 0.6 is 0 Å². The van der Waals surface area contributed by atoms with Gasteiger partial charge >= 0.3 is 53.6 Å². The first kappa shape index (κ1) is 34.7. The van der Waals surface area contributed by atoms with Crippen molar-refractivity contribution in [2.75, 3.05) is 0 Å². The number of alkyl halides is 19. The summed E-state index contributed by atoms with van der Waals surface area (Å²) in [4.78, 5) is 0. The monoisotopic (exact) mass is 596 g/mol. The molecule has 0 heterocycles. The molecule has 0 aliphatic rings. The lowest BCUT2D eigenvalue weighted by molar-refractivity contribution is -0.468. The molecule has 0 fully saturated rings. The van der Waals surface area contributed by atoms with Crippen molar-refractivity contribution in [2.24, 2.45) is 5.73 Å². The lowest BCUT2D eigenvalue weighted by atomic mass is 9.86. The van der Waals surface area contributed by atoms with E-state index in [1.165, 1.54) is 0 Å². The van der Waals surface area contributed by atoms with Crippen molar-refractivity contribution < 1.29 is 88.5 Å². The SMILES string of the molecule is N=C(N)C=C(O)CCCC(F)(F)C(F)(F)C(F)(F)C(F)(F)C(F)(F)C(F)(F)C(F)(F)C(F)(F)C(F)(F)F. The van der Waals surface area contributed by atoms with Crippen LogP contribution in [0, 0.1) is 5.41 Å². The second-order valence-corrected chi connectivity index (χ2v) is 7.17. The summed E-state index contributed by atoms with van der Waals surface area (Å²) in [6.07, 6.45) is -13.3. The highest BCUT2D eigenvalue weighted by Gasteiger charge is 2.96. The fraction of sp³-hybridized carbons (Fsp3) is 0.800. The third kappa shape index (κ3) is 5.19. The maximum atomic E-state index is 13.6. The minimum atomic E-state index is -8.95. The Morgan fingerprint density at radius 1 is 0.568 bits per heavy atom. The highest BCUT2D eigenvalue weighted by Crippen LogP contribution is 2.65. The van der Waals surface area contributed by atoms with Crippen LogP contribution in [0.4, 0.5) is 83.4 Å². The molecule has 220 valence electrons. The van der Waals surface area contributed by atoms with Crippen LogP contribution in [0.1, 0.15) is 19.3 Å². The van der Waals surface area contributed by atoms with Gasteiger partial charge in [-0.3, -0.25) is 5.41 Å². The number of aliphatic hydroxyl groups is 1. The Bertz CT molecular complexity index is 873. The van der Waals surface area contributed by atoms with Gasteiger partial charge in [0, 0.05) is 18.9 Å². The van der Waals surface area contributed by atoms with Gasteiger partial charge in [-0.1, -0.05) is 0 Å². The maximum absolute atomic E-state index is 13.6. The molecule has 0 aliphatic heterocycles. The molecule has 0 radical (unpaired) electrons. The average molecular weight is 596 g/mol. The molecule has 0 saturated heterocycles. The first-order valence-electron chi connectivity index (χ1n) is 8.64. The van der Waals surface area contributed by atoms with E-state index in [1.54, 1.807) is 0 Å². The fourth-order valence-electron chi connectivity index (χ4n) is 2.29. The predicted octanol–water partition coefficient (Wildman–Crippen LogP) is 7.18. The number of nitrogens with one attached hydrogen (secondary N) is 1. The lowest BCUT2D eigenvalue weighted by Gasteiger charge is -2.43. The van der Waals surface area contributed by atoms with E-state index in [2.05, 4.69) is 5.73 Å². The van der Waals surface area contributed by atoms with Crippen molar-refractivity contribution in [3.8, 4) is 0 Å². The Balaban J connectivity index is 6.54. The molecule has 0 aromatic carbocycles. The van der Waals surface area contributed by atoms with Gasteiger partial charge in [-0.15, -0.1) is 0 Å². The number of aliphatic hydroxyl groups excluding tert-OH is 1. The number of allylic oxidation sites excluding steroid dienone is 1. The molecule has 0 bridgehead atoms. The van der Waals surface area contributed by atoms with Gasteiger partial charge in [-0.25, -0.2) is 0 Å². The van der Waals surface area contributed by atoms with Crippen LogP contribution in [0.5, 0.6) is 0 Å². The van der Waals surface area contributed by atoms with Crippen molar-refractivity contribution >= 4 is 5.84 Å². The topological polar surface area (TPSA) is 70.1 Å². The molecule has 37 heavy (non-hydrogen) atoms. The zero-order valence-corrected chi connectivity index (χ0v) is 16.9. The van der Waals surface area contributed by atoms with Crippen molar-refractivity contribution in [2.45, 2.75) is 72.8 Å². The zero-order chi connectivity index (χ0) is 30.5. The average Bonchev–Trinajstić information content (AvgIpc) is 2.65. The number of halogens is 19. The lowest BCUT2D eigenvalue weighted by Crippen LogP contribution is -2.75. The summed E-state index contributed by atoms with van der Waals surface area (Å²) in [6, 6.07) is 0. The van der Waals surface area contributed by atoms with E-state index in [9.17, 15) is 83.4 Å². The van der Waals surface area contributed by atoms with Gasteiger partial charge in [0.2, 0.25) is 0 Å². The second-order valence-electron chi connectivity index (χ2n) is 7.17. The van der Waals surface area contributed by atoms with Gasteiger partial charge in [0.05, 0.1) is 5.76 Å². The summed E-state index contributed by atoms with van der Waals surface area (Å²) >= 11 is 0. The van der Waals surface area contributed by atoms with E-state index in [0.29, 0.717) is 0 Å². The van der Waals surface area contributed by atoms with Crippen molar-refractivity contribution in [3.63, 3.8) is 0 Å². The Morgan fingerprint density at radius 2 is 0.865 bits per heavy atom. The van der Waals surface area contributed by atoms with Crippen LogP contribution in [0.3, 0.4) is 0 Å². The molecule has 0 amide bonds. The first-order valence-corrected chi connectivity index (χ1v) is 8.64. The molecule has 0 aromatic heterocycles. The number of hydrogen-bond donors (Lipinski definition) is 3. The van der Waals surface area contributed by atoms with E-state index in [1.807, 2.05) is 0 Å². The zero-order valence-electron chi connectivity index (χ0n) is 16.9. The van der Waals surface area contributed by atoms with E-state index in [-0.39, 0.29) is 6.08 Å².